The summed E-state index contributed by atoms with van der Waals surface area (Å²) in [6.45, 7) is 10.5. The second kappa shape index (κ2) is 10.1. The van der Waals surface area contributed by atoms with Crippen LogP contribution in [-0.4, -0.2) is 77.1 Å². The normalized spacial score (nSPS) is 21.7. The Hall–Kier alpha value is -0.850. The molecule has 6 nitrogen and oxygen atoms in total. The van der Waals surface area contributed by atoms with Crippen LogP contribution in [0.3, 0.4) is 0 Å². The molecule has 0 aromatic rings. The van der Waals surface area contributed by atoms with Gasteiger partial charge in [0.15, 0.2) is 5.96 Å². The molecule has 1 saturated carbocycles. The fraction of sp³-hybridized carbons (Fsp3) is 0.941. The van der Waals surface area contributed by atoms with Crippen LogP contribution in [0, 0.1) is 5.41 Å². The van der Waals surface area contributed by atoms with E-state index in [1.165, 1.54) is 19.3 Å². The number of nitrogens with zero attached hydrogens (tertiary/aromatic N) is 2. The Kier molecular flexibility index (Phi) is 8.12. The number of aliphatic imine (C=N–C) groups is 1. The van der Waals surface area contributed by atoms with Crippen molar-refractivity contribution in [3.05, 3.63) is 0 Å². The molecule has 0 aromatic carbocycles. The molecule has 6 heteroatoms. The fourth-order valence-corrected chi connectivity index (χ4v) is 3.23. The highest BCUT2D eigenvalue weighted by atomic mass is 16.5. The van der Waals surface area contributed by atoms with Crippen molar-refractivity contribution < 1.29 is 9.47 Å². The van der Waals surface area contributed by atoms with Crippen molar-refractivity contribution in [2.45, 2.75) is 32.6 Å². The maximum absolute atomic E-state index is 5.38. The summed E-state index contributed by atoms with van der Waals surface area (Å²) >= 11 is 0. The van der Waals surface area contributed by atoms with E-state index in [4.69, 9.17) is 14.5 Å². The Labute approximate surface area is 141 Å². The number of morpholine rings is 1. The monoisotopic (exact) mass is 326 g/mol. The van der Waals surface area contributed by atoms with E-state index in [1.807, 2.05) is 0 Å². The summed E-state index contributed by atoms with van der Waals surface area (Å²) in [5, 5.41) is 6.83. The molecule has 0 amide bonds. The lowest BCUT2D eigenvalue weighted by Crippen LogP contribution is -2.45. The minimum atomic E-state index is 0.378. The van der Waals surface area contributed by atoms with Crippen molar-refractivity contribution in [2.24, 2.45) is 10.4 Å². The first-order valence-electron chi connectivity index (χ1n) is 9.09. The Balaban J connectivity index is 1.74. The minimum Gasteiger partial charge on any atom is -0.385 e. The lowest BCUT2D eigenvalue weighted by atomic mass is 9.67. The van der Waals surface area contributed by atoms with E-state index in [1.54, 1.807) is 7.11 Å². The Morgan fingerprint density at radius 3 is 2.65 bits per heavy atom. The molecule has 2 aliphatic rings. The molecule has 2 rings (SSSR count). The summed E-state index contributed by atoms with van der Waals surface area (Å²) in [7, 11) is 1.78. The van der Waals surface area contributed by atoms with Crippen LogP contribution in [0.15, 0.2) is 4.99 Å². The van der Waals surface area contributed by atoms with E-state index >= 15 is 0 Å². The van der Waals surface area contributed by atoms with Crippen LogP contribution in [0.1, 0.15) is 32.6 Å². The number of hydrogen-bond acceptors (Lipinski definition) is 4. The van der Waals surface area contributed by atoms with Crippen molar-refractivity contribution in [3.8, 4) is 0 Å². The predicted molar refractivity (Wildman–Crippen MR) is 94.0 cm³/mol. The number of ether oxygens (including phenoxy) is 2. The molecule has 0 bridgehead atoms. The number of rotatable bonds is 9. The first-order valence-corrected chi connectivity index (χ1v) is 9.09. The van der Waals surface area contributed by atoms with Crippen LogP contribution in [0.4, 0.5) is 0 Å². The van der Waals surface area contributed by atoms with Crippen LogP contribution in [0.2, 0.25) is 0 Å². The highest BCUT2D eigenvalue weighted by molar-refractivity contribution is 5.79. The molecule has 0 aromatic heterocycles. The molecule has 0 atom stereocenters. The van der Waals surface area contributed by atoms with Crippen LogP contribution in [0.25, 0.3) is 0 Å². The Morgan fingerprint density at radius 1 is 1.26 bits per heavy atom. The van der Waals surface area contributed by atoms with Gasteiger partial charge in [-0.15, -0.1) is 0 Å². The molecule has 23 heavy (non-hydrogen) atoms. The van der Waals surface area contributed by atoms with E-state index in [9.17, 15) is 0 Å². The first kappa shape index (κ1) is 18.5. The molecular formula is C17H34N4O2. The van der Waals surface area contributed by atoms with Gasteiger partial charge in [-0.1, -0.05) is 6.42 Å². The van der Waals surface area contributed by atoms with Gasteiger partial charge in [-0.25, -0.2) is 0 Å². The van der Waals surface area contributed by atoms with Gasteiger partial charge in [0.05, 0.1) is 13.2 Å². The van der Waals surface area contributed by atoms with Gasteiger partial charge in [-0.3, -0.25) is 9.89 Å². The number of hydrogen-bond donors (Lipinski definition) is 2. The molecule has 0 spiro atoms. The standard InChI is InChI=1S/C17H34N4O2/c1-3-18-16(19-8-9-21-10-13-23-14-11-21)20-15-17(5-4-6-17)7-12-22-2/h3-15H2,1-2H3,(H2,18,19,20). The third-order valence-corrected chi connectivity index (χ3v) is 4.99. The number of guanidine groups is 1. The third kappa shape index (κ3) is 6.28. The SMILES string of the molecule is CCNC(=NCC1(CCOC)CCC1)NCCN1CCOCC1. The topological polar surface area (TPSA) is 58.1 Å². The average Bonchev–Trinajstić information content (AvgIpc) is 2.54. The van der Waals surface area contributed by atoms with Crippen LogP contribution < -0.4 is 10.6 Å². The van der Waals surface area contributed by atoms with Gasteiger partial charge in [-0.2, -0.15) is 0 Å². The second-order valence-electron chi connectivity index (χ2n) is 6.67. The van der Waals surface area contributed by atoms with Gasteiger partial charge in [0.25, 0.3) is 0 Å². The highest BCUT2D eigenvalue weighted by Crippen LogP contribution is 2.44. The summed E-state index contributed by atoms with van der Waals surface area (Å²) in [5.41, 5.74) is 0.378. The van der Waals surface area contributed by atoms with Gasteiger partial charge in [0.2, 0.25) is 0 Å². The Morgan fingerprint density at radius 2 is 2.04 bits per heavy atom. The zero-order valence-electron chi connectivity index (χ0n) is 14.9. The molecular weight excluding hydrogens is 292 g/mol. The fourth-order valence-electron chi connectivity index (χ4n) is 3.23. The molecule has 0 radical (unpaired) electrons. The number of nitrogens with one attached hydrogen (secondary N) is 2. The van der Waals surface area contributed by atoms with E-state index in [0.717, 1.165) is 71.5 Å². The summed E-state index contributed by atoms with van der Waals surface area (Å²) < 4.78 is 10.6. The zero-order chi connectivity index (χ0) is 16.4. The van der Waals surface area contributed by atoms with Crippen molar-refractivity contribution >= 4 is 5.96 Å². The first-order chi connectivity index (χ1) is 11.3. The van der Waals surface area contributed by atoms with Gasteiger partial charge in [-0.05, 0) is 31.6 Å². The number of methoxy groups -OCH3 is 1. The summed E-state index contributed by atoms with van der Waals surface area (Å²) in [4.78, 5) is 7.28. The minimum absolute atomic E-state index is 0.378. The van der Waals surface area contributed by atoms with E-state index in [0.29, 0.717) is 5.41 Å². The van der Waals surface area contributed by atoms with Crippen LogP contribution >= 0.6 is 0 Å². The van der Waals surface area contributed by atoms with E-state index in [2.05, 4.69) is 22.5 Å². The van der Waals surface area contributed by atoms with Crippen molar-refractivity contribution in [2.75, 3.05) is 66.2 Å². The summed E-state index contributed by atoms with van der Waals surface area (Å²) in [5.74, 6) is 0.949. The van der Waals surface area contributed by atoms with Gasteiger partial charge in [0.1, 0.15) is 0 Å². The van der Waals surface area contributed by atoms with Crippen molar-refractivity contribution in [1.82, 2.24) is 15.5 Å². The molecule has 0 unspecified atom stereocenters. The lowest BCUT2D eigenvalue weighted by Gasteiger charge is -2.40. The molecule has 2 N–H and O–H groups in total. The molecule has 1 aliphatic heterocycles. The molecule has 1 aliphatic carbocycles. The highest BCUT2D eigenvalue weighted by Gasteiger charge is 2.36. The lowest BCUT2D eigenvalue weighted by molar-refractivity contribution is 0.0389. The van der Waals surface area contributed by atoms with Crippen molar-refractivity contribution in [3.63, 3.8) is 0 Å². The van der Waals surface area contributed by atoms with E-state index < -0.39 is 0 Å². The molecule has 2 fully saturated rings. The maximum Gasteiger partial charge on any atom is 0.191 e. The van der Waals surface area contributed by atoms with Crippen molar-refractivity contribution in [1.29, 1.82) is 0 Å². The molecule has 134 valence electrons. The van der Waals surface area contributed by atoms with Crippen LogP contribution in [-0.2, 0) is 9.47 Å². The Bertz CT molecular complexity index is 353. The van der Waals surface area contributed by atoms with Gasteiger partial charge in [0, 0.05) is 53.0 Å². The predicted octanol–water partition coefficient (Wildman–Crippen LogP) is 1.08. The average molecular weight is 326 g/mol. The maximum atomic E-state index is 5.38. The largest absolute Gasteiger partial charge is 0.385 e. The van der Waals surface area contributed by atoms with E-state index in [-0.39, 0.29) is 0 Å². The van der Waals surface area contributed by atoms with Crippen LogP contribution in [0.5, 0.6) is 0 Å². The molecule has 1 saturated heterocycles. The smallest absolute Gasteiger partial charge is 0.191 e. The quantitative estimate of drug-likeness (QED) is 0.490. The summed E-state index contributed by atoms with van der Waals surface area (Å²) in [6, 6.07) is 0. The third-order valence-electron chi connectivity index (χ3n) is 4.99. The van der Waals surface area contributed by atoms with Gasteiger partial charge < -0.3 is 20.1 Å². The second-order valence-corrected chi connectivity index (χ2v) is 6.67. The zero-order valence-corrected chi connectivity index (χ0v) is 14.9. The summed E-state index contributed by atoms with van der Waals surface area (Å²) in [6.07, 6.45) is 5.03. The molecule has 1 heterocycles. The van der Waals surface area contributed by atoms with Gasteiger partial charge >= 0.3 is 0 Å².